The van der Waals surface area contributed by atoms with Crippen LogP contribution in [0.4, 0.5) is 16.3 Å². The fourth-order valence-electron chi connectivity index (χ4n) is 3.58. The summed E-state index contributed by atoms with van der Waals surface area (Å²) in [6.07, 6.45) is 3.84. The number of ether oxygens (including phenoxy) is 2. The van der Waals surface area contributed by atoms with Crippen LogP contribution in [-0.4, -0.2) is 63.8 Å². The van der Waals surface area contributed by atoms with E-state index in [2.05, 4.69) is 20.7 Å². The molecule has 4 aromatic rings. The number of nitrogens with one attached hydrogen (secondary N) is 2. The summed E-state index contributed by atoms with van der Waals surface area (Å²) in [7, 11) is 4.83. The lowest BCUT2D eigenvalue weighted by molar-refractivity contribution is 0.0936. The van der Waals surface area contributed by atoms with Crippen molar-refractivity contribution < 1.29 is 24.2 Å². The highest BCUT2D eigenvalue weighted by Crippen LogP contribution is 2.32. The minimum atomic E-state index is -1.12. The van der Waals surface area contributed by atoms with E-state index in [0.29, 0.717) is 58.1 Å². The van der Waals surface area contributed by atoms with Crippen molar-refractivity contribution in [3.63, 3.8) is 0 Å². The molecule has 11 nitrogen and oxygen atoms in total. The van der Waals surface area contributed by atoms with Crippen molar-refractivity contribution in [1.82, 2.24) is 24.6 Å². The van der Waals surface area contributed by atoms with Crippen LogP contribution >= 0.6 is 0 Å². The Kier molecular flexibility index (Phi) is 6.46. The summed E-state index contributed by atoms with van der Waals surface area (Å²) < 4.78 is 13.2. The van der Waals surface area contributed by atoms with E-state index >= 15 is 0 Å². The number of carbonyl (C=O) groups is 2. The molecule has 0 saturated carbocycles. The van der Waals surface area contributed by atoms with Crippen molar-refractivity contribution in [2.75, 3.05) is 32.7 Å². The zero-order valence-corrected chi connectivity index (χ0v) is 18.9. The second-order valence-electron chi connectivity index (χ2n) is 7.47. The molecule has 3 aromatic heterocycles. The fraction of sp³-hybridized carbons (Fsp3) is 0.217. The molecule has 0 radical (unpaired) electrons. The van der Waals surface area contributed by atoms with E-state index in [1.807, 2.05) is 0 Å². The van der Waals surface area contributed by atoms with Gasteiger partial charge in [-0.05, 0) is 24.3 Å². The Balaban J connectivity index is 1.65. The molecule has 3 N–H and O–H groups in total. The number of benzene rings is 1. The number of nitrogens with zero attached hydrogens (tertiary/aromatic N) is 4. The molecule has 0 spiro atoms. The third kappa shape index (κ3) is 4.55. The number of anilines is 2. The average molecular weight is 464 g/mol. The first-order valence-corrected chi connectivity index (χ1v) is 10.4. The molecule has 4 rings (SSSR count). The molecule has 0 bridgehead atoms. The van der Waals surface area contributed by atoms with Crippen LogP contribution in [0.2, 0.25) is 0 Å². The molecular weight excluding hydrogens is 440 g/mol. The summed E-state index contributed by atoms with van der Waals surface area (Å²) in [5.41, 5.74) is 2.65. The number of aryl methyl sites for hydroxylation is 1. The van der Waals surface area contributed by atoms with Gasteiger partial charge >= 0.3 is 6.09 Å². The number of carboxylic acid groups (broad SMARTS) is 1. The van der Waals surface area contributed by atoms with Gasteiger partial charge in [0.05, 0.1) is 36.8 Å². The first-order chi connectivity index (χ1) is 16.4. The Hall–Kier alpha value is -4.38. The third-order valence-corrected chi connectivity index (χ3v) is 5.20. The lowest BCUT2D eigenvalue weighted by atomic mass is 10.1. The number of carbonyl (C=O) groups excluding carboxylic acids is 1. The van der Waals surface area contributed by atoms with Gasteiger partial charge in [-0.3, -0.25) is 9.48 Å². The largest absolute Gasteiger partial charge is 0.495 e. The van der Waals surface area contributed by atoms with Crippen LogP contribution in [0.3, 0.4) is 0 Å². The lowest BCUT2D eigenvalue weighted by Crippen LogP contribution is -2.26. The van der Waals surface area contributed by atoms with Gasteiger partial charge in [0.25, 0.3) is 5.91 Å². The molecule has 0 aliphatic rings. The maximum absolute atomic E-state index is 12.3. The molecule has 176 valence electrons. The third-order valence-electron chi connectivity index (χ3n) is 5.20. The highest BCUT2D eigenvalue weighted by molar-refractivity contribution is 5.97. The van der Waals surface area contributed by atoms with E-state index in [4.69, 9.17) is 9.47 Å². The minimum absolute atomic E-state index is 0.247. The number of aromatic nitrogens is 4. The first-order valence-electron chi connectivity index (χ1n) is 10.4. The van der Waals surface area contributed by atoms with Crippen molar-refractivity contribution in [2.24, 2.45) is 7.05 Å². The number of pyridine rings is 1. The second-order valence-corrected chi connectivity index (χ2v) is 7.47. The van der Waals surface area contributed by atoms with Gasteiger partial charge in [0, 0.05) is 55.7 Å². The van der Waals surface area contributed by atoms with E-state index in [9.17, 15) is 14.7 Å². The SMILES string of the molecule is COCCNC(=O)c1ccc(Nc2cc3c(cn2)cc(-c2cnn(C)c2)n3C(=O)O)c(OC)c1. The Morgan fingerprint density at radius 3 is 2.65 bits per heavy atom. The maximum atomic E-state index is 12.3. The molecule has 0 fully saturated rings. The van der Waals surface area contributed by atoms with Crippen molar-refractivity contribution in [2.45, 2.75) is 0 Å². The zero-order valence-electron chi connectivity index (χ0n) is 18.9. The Labute approximate surface area is 194 Å². The fourth-order valence-corrected chi connectivity index (χ4v) is 3.58. The Morgan fingerprint density at radius 2 is 1.97 bits per heavy atom. The molecule has 1 amide bonds. The summed E-state index contributed by atoms with van der Waals surface area (Å²) in [4.78, 5) is 28.8. The normalized spacial score (nSPS) is 10.9. The molecule has 0 aliphatic carbocycles. The molecule has 0 saturated heterocycles. The number of methoxy groups -OCH3 is 2. The molecule has 34 heavy (non-hydrogen) atoms. The Morgan fingerprint density at radius 1 is 1.15 bits per heavy atom. The van der Waals surface area contributed by atoms with Gasteiger partial charge < -0.3 is 25.2 Å². The maximum Gasteiger partial charge on any atom is 0.416 e. The van der Waals surface area contributed by atoms with E-state index < -0.39 is 6.09 Å². The molecule has 1 aromatic carbocycles. The van der Waals surface area contributed by atoms with Crippen LogP contribution in [0.25, 0.3) is 22.2 Å². The van der Waals surface area contributed by atoms with E-state index in [0.717, 1.165) is 0 Å². The molecule has 0 atom stereocenters. The smallest absolute Gasteiger partial charge is 0.416 e. The molecule has 3 heterocycles. The molecular formula is C23H24N6O5. The van der Waals surface area contributed by atoms with Crippen LogP contribution in [0.5, 0.6) is 5.75 Å². The van der Waals surface area contributed by atoms with Gasteiger partial charge in [-0.1, -0.05) is 0 Å². The number of amides is 1. The zero-order chi connectivity index (χ0) is 24.2. The number of hydrogen-bond donors (Lipinski definition) is 3. The van der Waals surface area contributed by atoms with E-state index in [-0.39, 0.29) is 5.91 Å². The van der Waals surface area contributed by atoms with Gasteiger partial charge in [0.2, 0.25) is 0 Å². The topological polar surface area (TPSA) is 133 Å². The summed E-state index contributed by atoms with van der Waals surface area (Å²) in [6, 6.07) is 8.38. The predicted octanol–water partition coefficient (Wildman–Crippen LogP) is 3.09. The summed E-state index contributed by atoms with van der Waals surface area (Å²) in [6.45, 7) is 0.809. The van der Waals surface area contributed by atoms with Crippen molar-refractivity contribution in [3.8, 4) is 17.0 Å². The van der Waals surface area contributed by atoms with Crippen LogP contribution < -0.4 is 15.4 Å². The van der Waals surface area contributed by atoms with Crippen LogP contribution in [0.15, 0.2) is 48.9 Å². The van der Waals surface area contributed by atoms with Crippen LogP contribution in [0.1, 0.15) is 10.4 Å². The van der Waals surface area contributed by atoms with Crippen LogP contribution in [-0.2, 0) is 11.8 Å². The van der Waals surface area contributed by atoms with Crippen molar-refractivity contribution in [3.05, 3.63) is 54.5 Å². The molecule has 0 aliphatic heterocycles. The van der Waals surface area contributed by atoms with Gasteiger partial charge in [0.15, 0.2) is 0 Å². The summed E-state index contributed by atoms with van der Waals surface area (Å²) >= 11 is 0. The lowest BCUT2D eigenvalue weighted by Gasteiger charge is -2.13. The van der Waals surface area contributed by atoms with Gasteiger partial charge in [-0.25, -0.2) is 14.3 Å². The molecule has 0 unspecified atom stereocenters. The quantitative estimate of drug-likeness (QED) is 0.339. The highest BCUT2D eigenvalue weighted by Gasteiger charge is 2.18. The second kappa shape index (κ2) is 9.63. The number of rotatable bonds is 8. The van der Waals surface area contributed by atoms with E-state index in [1.165, 1.54) is 11.7 Å². The summed E-state index contributed by atoms with van der Waals surface area (Å²) in [5, 5.41) is 20.6. The highest BCUT2D eigenvalue weighted by atomic mass is 16.5. The predicted molar refractivity (Wildman–Crippen MR) is 126 cm³/mol. The van der Waals surface area contributed by atoms with Gasteiger partial charge in [-0.15, -0.1) is 0 Å². The number of hydrogen-bond acceptors (Lipinski definition) is 7. The summed E-state index contributed by atoms with van der Waals surface area (Å²) in [5.74, 6) is 0.607. The molecule has 11 heteroatoms. The van der Waals surface area contributed by atoms with Gasteiger partial charge in [0.1, 0.15) is 11.6 Å². The van der Waals surface area contributed by atoms with E-state index in [1.54, 1.807) is 67.8 Å². The monoisotopic (exact) mass is 464 g/mol. The first kappa shape index (κ1) is 22.8. The van der Waals surface area contributed by atoms with Crippen molar-refractivity contribution >= 4 is 34.4 Å². The Bertz CT molecular complexity index is 1360. The standard InChI is InChI=1S/C23H24N6O5/c1-28-13-16(12-26-28)18-8-15-11-25-21(10-19(15)29(18)23(31)32)27-17-5-4-14(9-20(17)34-3)22(30)24-6-7-33-2/h4-5,8-13H,6-7H2,1-3H3,(H,24,30)(H,25,27)(H,31,32). The van der Waals surface area contributed by atoms with Gasteiger partial charge in [-0.2, -0.15) is 5.10 Å². The van der Waals surface area contributed by atoms with Crippen molar-refractivity contribution in [1.29, 1.82) is 0 Å². The van der Waals surface area contributed by atoms with Crippen LogP contribution in [0, 0.1) is 0 Å². The average Bonchev–Trinajstić information content (AvgIpc) is 3.42. The number of fused-ring (bicyclic) bond motifs is 1. The minimum Gasteiger partial charge on any atom is -0.495 e.